The van der Waals surface area contributed by atoms with Crippen LogP contribution in [-0.4, -0.2) is 0 Å². The molecule has 0 bridgehead atoms. The summed E-state index contributed by atoms with van der Waals surface area (Å²) in [5, 5.41) is 4.36. The summed E-state index contributed by atoms with van der Waals surface area (Å²) in [6.07, 6.45) is 0. The number of benzene rings is 2. The number of rotatable bonds is 3. The number of hydrogen-bond donors (Lipinski definition) is 1. The number of hydrogen-bond acceptors (Lipinski definition) is 1. The summed E-state index contributed by atoms with van der Waals surface area (Å²) in [5.74, 6) is -0.306. The fourth-order valence-electron chi connectivity index (χ4n) is 1.53. The molecular formula is C13H8BrCl3FN. The summed E-state index contributed by atoms with van der Waals surface area (Å²) >= 11 is 21.0. The van der Waals surface area contributed by atoms with E-state index >= 15 is 0 Å². The molecular weight excluding hydrogens is 375 g/mol. The molecule has 0 saturated heterocycles. The SMILES string of the molecule is Fc1cccc(CNc2cc(Cl)c(Cl)cc2Cl)c1Br. The normalized spacial score (nSPS) is 10.6. The summed E-state index contributed by atoms with van der Waals surface area (Å²) in [5.41, 5.74) is 1.43. The Kier molecular flexibility index (Phi) is 4.96. The van der Waals surface area contributed by atoms with Crippen LogP contribution >= 0.6 is 50.7 Å². The van der Waals surface area contributed by atoms with Crippen molar-refractivity contribution >= 4 is 56.4 Å². The molecule has 0 aromatic heterocycles. The lowest BCUT2D eigenvalue weighted by atomic mass is 10.2. The maximum Gasteiger partial charge on any atom is 0.137 e. The van der Waals surface area contributed by atoms with Crippen molar-refractivity contribution in [2.24, 2.45) is 0 Å². The molecule has 19 heavy (non-hydrogen) atoms. The maximum atomic E-state index is 13.4. The van der Waals surface area contributed by atoms with Crippen LogP contribution in [0, 0.1) is 5.82 Å². The van der Waals surface area contributed by atoms with Gasteiger partial charge in [-0.05, 0) is 39.7 Å². The molecule has 0 saturated carbocycles. The third-order valence-electron chi connectivity index (χ3n) is 2.51. The van der Waals surface area contributed by atoms with Gasteiger partial charge < -0.3 is 5.32 Å². The highest BCUT2D eigenvalue weighted by Gasteiger charge is 2.08. The molecule has 0 amide bonds. The standard InChI is InChI=1S/C13H8BrCl3FN/c14-13-7(2-1-3-11(13)18)6-19-12-5-9(16)8(15)4-10(12)17/h1-5,19H,6H2. The molecule has 0 atom stereocenters. The molecule has 0 heterocycles. The maximum absolute atomic E-state index is 13.4. The molecule has 0 fully saturated rings. The molecule has 2 aromatic carbocycles. The Morgan fingerprint density at radius 1 is 1.05 bits per heavy atom. The minimum absolute atomic E-state index is 0.306. The van der Waals surface area contributed by atoms with Gasteiger partial charge in [0.25, 0.3) is 0 Å². The molecule has 100 valence electrons. The highest BCUT2D eigenvalue weighted by Crippen LogP contribution is 2.32. The van der Waals surface area contributed by atoms with Crippen LogP contribution in [0.5, 0.6) is 0 Å². The van der Waals surface area contributed by atoms with E-state index in [2.05, 4.69) is 21.2 Å². The van der Waals surface area contributed by atoms with E-state index in [1.165, 1.54) is 6.07 Å². The van der Waals surface area contributed by atoms with E-state index in [-0.39, 0.29) is 5.82 Å². The van der Waals surface area contributed by atoms with Crippen LogP contribution in [0.3, 0.4) is 0 Å². The first kappa shape index (κ1) is 14.9. The van der Waals surface area contributed by atoms with Crippen molar-refractivity contribution in [1.82, 2.24) is 0 Å². The molecule has 2 aromatic rings. The summed E-state index contributed by atoms with van der Waals surface area (Å²) < 4.78 is 13.8. The van der Waals surface area contributed by atoms with Crippen molar-refractivity contribution < 1.29 is 4.39 Å². The first-order valence-electron chi connectivity index (χ1n) is 5.30. The van der Waals surface area contributed by atoms with Crippen molar-refractivity contribution in [3.05, 3.63) is 61.3 Å². The smallest absolute Gasteiger partial charge is 0.137 e. The van der Waals surface area contributed by atoms with Crippen molar-refractivity contribution in [3.8, 4) is 0 Å². The topological polar surface area (TPSA) is 12.0 Å². The van der Waals surface area contributed by atoms with E-state index in [1.807, 2.05) is 6.07 Å². The van der Waals surface area contributed by atoms with Gasteiger partial charge in [-0.3, -0.25) is 0 Å². The molecule has 0 unspecified atom stereocenters. The first-order chi connectivity index (χ1) is 8.99. The summed E-state index contributed by atoms with van der Waals surface area (Å²) in [6.45, 7) is 0.413. The van der Waals surface area contributed by atoms with Crippen LogP contribution < -0.4 is 5.32 Å². The second-order valence-electron chi connectivity index (χ2n) is 3.81. The van der Waals surface area contributed by atoms with Crippen LogP contribution in [0.25, 0.3) is 0 Å². The highest BCUT2D eigenvalue weighted by molar-refractivity contribution is 9.10. The third-order valence-corrected chi connectivity index (χ3v) is 4.43. The Balaban J connectivity index is 2.19. The molecule has 6 heteroatoms. The zero-order valence-corrected chi connectivity index (χ0v) is 13.3. The first-order valence-corrected chi connectivity index (χ1v) is 7.23. The zero-order chi connectivity index (χ0) is 14.0. The molecule has 1 N–H and O–H groups in total. The quantitative estimate of drug-likeness (QED) is 0.626. The van der Waals surface area contributed by atoms with Gasteiger partial charge in [0.1, 0.15) is 5.82 Å². The van der Waals surface area contributed by atoms with Crippen LogP contribution in [-0.2, 0) is 6.54 Å². The van der Waals surface area contributed by atoms with Gasteiger partial charge >= 0.3 is 0 Å². The average molecular weight is 383 g/mol. The molecule has 0 aliphatic heterocycles. The van der Waals surface area contributed by atoms with E-state index in [4.69, 9.17) is 34.8 Å². The molecule has 1 nitrogen and oxygen atoms in total. The van der Waals surface area contributed by atoms with Gasteiger partial charge in [0.2, 0.25) is 0 Å². The van der Waals surface area contributed by atoms with Crippen molar-refractivity contribution in [1.29, 1.82) is 0 Å². The minimum Gasteiger partial charge on any atom is -0.380 e. The number of nitrogens with one attached hydrogen (secondary N) is 1. The lowest BCUT2D eigenvalue weighted by Gasteiger charge is -2.11. The zero-order valence-electron chi connectivity index (χ0n) is 9.48. The monoisotopic (exact) mass is 381 g/mol. The molecule has 0 spiro atoms. The Bertz CT molecular complexity index is 619. The van der Waals surface area contributed by atoms with Gasteiger partial charge in [-0.25, -0.2) is 4.39 Å². The van der Waals surface area contributed by atoms with Crippen molar-refractivity contribution in [2.45, 2.75) is 6.54 Å². The second kappa shape index (κ2) is 6.31. The highest BCUT2D eigenvalue weighted by atomic mass is 79.9. The fraction of sp³-hybridized carbons (Fsp3) is 0.0769. The summed E-state index contributed by atoms with van der Waals surface area (Å²) in [7, 11) is 0. The molecule has 0 radical (unpaired) electrons. The molecule has 0 aliphatic rings. The molecule has 2 rings (SSSR count). The van der Waals surface area contributed by atoms with Crippen molar-refractivity contribution in [3.63, 3.8) is 0 Å². The number of halogens is 5. The van der Waals surface area contributed by atoms with E-state index in [9.17, 15) is 4.39 Å². The Labute approximate surface area is 133 Å². The summed E-state index contributed by atoms with van der Waals surface area (Å²) in [6, 6.07) is 8.05. The second-order valence-corrected chi connectivity index (χ2v) is 5.83. The third kappa shape index (κ3) is 3.54. The average Bonchev–Trinajstić information content (AvgIpc) is 2.37. The minimum atomic E-state index is -0.306. The van der Waals surface area contributed by atoms with E-state index in [1.54, 1.807) is 18.2 Å². The van der Waals surface area contributed by atoms with Crippen molar-refractivity contribution in [2.75, 3.05) is 5.32 Å². The van der Waals surface area contributed by atoms with Gasteiger partial charge in [0, 0.05) is 6.54 Å². The van der Waals surface area contributed by atoms with E-state index < -0.39 is 0 Å². The predicted molar refractivity (Wildman–Crippen MR) is 82.9 cm³/mol. The Morgan fingerprint density at radius 3 is 2.47 bits per heavy atom. The lowest BCUT2D eigenvalue weighted by molar-refractivity contribution is 0.618. The Hall–Kier alpha value is -0.480. The van der Waals surface area contributed by atoms with Crippen LogP contribution in [0.4, 0.5) is 10.1 Å². The van der Waals surface area contributed by atoms with Gasteiger partial charge in [-0.2, -0.15) is 0 Å². The van der Waals surface area contributed by atoms with Gasteiger partial charge in [-0.1, -0.05) is 46.9 Å². The van der Waals surface area contributed by atoms with E-state index in [0.717, 1.165) is 5.56 Å². The van der Waals surface area contributed by atoms with Gasteiger partial charge in [0.05, 0.1) is 25.2 Å². The van der Waals surface area contributed by atoms with E-state index in [0.29, 0.717) is 31.8 Å². The Morgan fingerprint density at radius 2 is 1.74 bits per heavy atom. The van der Waals surface area contributed by atoms with Gasteiger partial charge in [0.15, 0.2) is 0 Å². The molecule has 0 aliphatic carbocycles. The lowest BCUT2D eigenvalue weighted by Crippen LogP contribution is -2.01. The fourth-order valence-corrected chi connectivity index (χ4v) is 2.55. The largest absolute Gasteiger partial charge is 0.380 e. The van der Waals surface area contributed by atoms with Crippen LogP contribution in [0.15, 0.2) is 34.8 Å². The van der Waals surface area contributed by atoms with Crippen LogP contribution in [0.2, 0.25) is 15.1 Å². The van der Waals surface area contributed by atoms with Gasteiger partial charge in [-0.15, -0.1) is 0 Å². The predicted octanol–water partition coefficient (Wildman–Crippen LogP) is 6.16. The number of anilines is 1. The van der Waals surface area contributed by atoms with Crippen LogP contribution in [0.1, 0.15) is 5.56 Å². The summed E-state index contributed by atoms with van der Waals surface area (Å²) in [4.78, 5) is 0.